The van der Waals surface area contributed by atoms with Crippen molar-refractivity contribution in [2.24, 2.45) is 0 Å². The van der Waals surface area contributed by atoms with Crippen molar-refractivity contribution in [1.82, 2.24) is 9.78 Å². The lowest BCUT2D eigenvalue weighted by Crippen LogP contribution is -2.03. The number of nitrogens with zero attached hydrogens (tertiary/aromatic N) is 2. The Labute approximate surface area is 138 Å². The molecule has 5 heteroatoms. The predicted octanol–water partition coefficient (Wildman–Crippen LogP) is 4.02. The van der Waals surface area contributed by atoms with E-state index in [4.69, 9.17) is 11.6 Å². The monoisotopic (exact) mass is 321 g/mol. The Morgan fingerprint density at radius 1 is 1.13 bits per heavy atom. The van der Waals surface area contributed by atoms with Crippen LogP contribution in [-0.4, -0.2) is 15.7 Å². The Morgan fingerprint density at radius 2 is 1.96 bits per heavy atom. The number of hydrogen-bond donors (Lipinski definition) is 1. The molecule has 3 aromatic rings. The van der Waals surface area contributed by atoms with E-state index in [1.54, 1.807) is 23.0 Å². The molecule has 2 aromatic carbocycles. The average molecular weight is 322 g/mol. The molecule has 1 N–H and O–H groups in total. The first-order valence-electron chi connectivity index (χ1n) is 7.14. The van der Waals surface area contributed by atoms with Crippen LogP contribution in [0.4, 0.5) is 5.69 Å². The van der Waals surface area contributed by atoms with Crippen LogP contribution in [0, 0.1) is 0 Å². The number of carbonyl (C=O) groups is 1. The summed E-state index contributed by atoms with van der Waals surface area (Å²) in [5.41, 5.74) is 4.01. The van der Waals surface area contributed by atoms with Gasteiger partial charge in [0.05, 0.1) is 11.9 Å². The summed E-state index contributed by atoms with van der Waals surface area (Å²) in [6.07, 6.45) is 5.44. The van der Waals surface area contributed by atoms with Crippen molar-refractivity contribution >= 4 is 34.8 Å². The van der Waals surface area contributed by atoms with Gasteiger partial charge in [0.15, 0.2) is 0 Å². The first kappa shape index (κ1) is 13.8. The van der Waals surface area contributed by atoms with Gasteiger partial charge in [-0.1, -0.05) is 29.8 Å². The van der Waals surface area contributed by atoms with Crippen LogP contribution in [0.1, 0.15) is 11.1 Å². The molecule has 0 atom stereocenters. The number of hydrogen-bond acceptors (Lipinski definition) is 2. The highest BCUT2D eigenvalue weighted by Gasteiger charge is 2.24. The number of nitrogens with one attached hydrogen (secondary N) is 1. The molecule has 4 rings (SSSR count). The van der Waals surface area contributed by atoms with Crippen LogP contribution in [0.3, 0.4) is 0 Å². The van der Waals surface area contributed by atoms with Crippen LogP contribution < -0.4 is 5.32 Å². The number of carbonyl (C=O) groups excluding carboxylic acids is 1. The highest BCUT2D eigenvalue weighted by Crippen LogP contribution is 2.34. The van der Waals surface area contributed by atoms with E-state index in [-0.39, 0.29) is 5.91 Å². The third kappa shape index (κ3) is 2.53. The number of rotatable bonds is 2. The number of benzene rings is 2. The molecule has 0 unspecified atom stereocenters. The van der Waals surface area contributed by atoms with Gasteiger partial charge in [-0.25, -0.2) is 4.68 Å². The van der Waals surface area contributed by atoms with E-state index in [2.05, 4.69) is 10.4 Å². The second kappa shape index (κ2) is 5.41. The van der Waals surface area contributed by atoms with E-state index in [1.807, 2.05) is 48.7 Å². The van der Waals surface area contributed by atoms with E-state index in [0.29, 0.717) is 10.6 Å². The first-order chi connectivity index (χ1) is 11.2. The Kier molecular flexibility index (Phi) is 3.24. The van der Waals surface area contributed by atoms with Crippen molar-refractivity contribution in [2.75, 3.05) is 5.32 Å². The summed E-state index contributed by atoms with van der Waals surface area (Å²) in [4.78, 5) is 12.2. The lowest BCUT2D eigenvalue weighted by atomic mass is 10.1. The lowest BCUT2D eigenvalue weighted by Gasteiger charge is -1.99. The zero-order chi connectivity index (χ0) is 15.8. The first-order valence-corrected chi connectivity index (χ1v) is 7.51. The fraction of sp³-hybridized carbons (Fsp3) is 0. The fourth-order valence-corrected chi connectivity index (χ4v) is 2.78. The molecule has 0 radical (unpaired) electrons. The second-order valence-corrected chi connectivity index (χ2v) is 5.69. The second-order valence-electron chi connectivity index (χ2n) is 5.26. The fourth-order valence-electron chi connectivity index (χ4n) is 2.60. The molecule has 0 fully saturated rings. The number of para-hydroxylation sites is 1. The smallest absolute Gasteiger partial charge is 0.256 e. The minimum Gasteiger partial charge on any atom is -0.321 e. The molecule has 1 aliphatic heterocycles. The topological polar surface area (TPSA) is 46.9 Å². The van der Waals surface area contributed by atoms with Gasteiger partial charge in [-0.05, 0) is 36.4 Å². The summed E-state index contributed by atoms with van der Waals surface area (Å²) in [7, 11) is 0. The van der Waals surface area contributed by atoms with E-state index >= 15 is 0 Å². The molecule has 1 aliphatic rings. The van der Waals surface area contributed by atoms with Gasteiger partial charge >= 0.3 is 0 Å². The summed E-state index contributed by atoms with van der Waals surface area (Å²) in [5.74, 6) is -0.130. The SMILES string of the molecule is O=C1Nc2ccc(Cl)cc2/C1=C/c1cnn(-c2ccccc2)c1. The van der Waals surface area contributed by atoms with Crippen LogP contribution in [0.25, 0.3) is 17.3 Å². The van der Waals surface area contributed by atoms with Crippen molar-refractivity contribution in [2.45, 2.75) is 0 Å². The summed E-state index contributed by atoms with van der Waals surface area (Å²) >= 11 is 6.04. The van der Waals surface area contributed by atoms with Crippen molar-refractivity contribution in [3.05, 3.63) is 77.1 Å². The van der Waals surface area contributed by atoms with E-state index < -0.39 is 0 Å². The van der Waals surface area contributed by atoms with Gasteiger partial charge in [-0.15, -0.1) is 0 Å². The maximum Gasteiger partial charge on any atom is 0.256 e. The van der Waals surface area contributed by atoms with Crippen molar-refractivity contribution in [3.8, 4) is 5.69 Å². The Morgan fingerprint density at radius 3 is 2.78 bits per heavy atom. The largest absolute Gasteiger partial charge is 0.321 e. The van der Waals surface area contributed by atoms with Crippen LogP contribution in [-0.2, 0) is 4.79 Å². The number of fused-ring (bicyclic) bond motifs is 1. The molecule has 0 saturated carbocycles. The van der Waals surface area contributed by atoms with E-state index in [1.165, 1.54) is 0 Å². The van der Waals surface area contributed by atoms with Gasteiger partial charge in [0.25, 0.3) is 5.91 Å². The Bertz CT molecular complexity index is 928. The number of anilines is 1. The summed E-state index contributed by atoms with van der Waals surface area (Å²) in [6.45, 7) is 0. The Hall–Kier alpha value is -2.85. The third-order valence-corrected chi connectivity index (χ3v) is 3.93. The number of amides is 1. The minimum atomic E-state index is -0.130. The van der Waals surface area contributed by atoms with Gasteiger partial charge < -0.3 is 5.32 Å². The van der Waals surface area contributed by atoms with Crippen LogP contribution in [0.5, 0.6) is 0 Å². The Balaban J connectivity index is 1.73. The molecule has 0 bridgehead atoms. The third-order valence-electron chi connectivity index (χ3n) is 3.70. The molecule has 0 spiro atoms. The normalized spacial score (nSPS) is 14.8. The standard InChI is InChI=1S/C18H12ClN3O/c19-13-6-7-17-15(9-13)16(18(23)21-17)8-12-10-20-22(11-12)14-4-2-1-3-5-14/h1-11H,(H,21,23)/b16-8-. The van der Waals surface area contributed by atoms with E-state index in [0.717, 1.165) is 22.5 Å². The quantitative estimate of drug-likeness (QED) is 0.725. The minimum absolute atomic E-state index is 0.130. The van der Waals surface area contributed by atoms with Gasteiger partial charge in [-0.3, -0.25) is 4.79 Å². The molecular weight excluding hydrogens is 310 g/mol. The molecule has 1 aromatic heterocycles. The molecule has 23 heavy (non-hydrogen) atoms. The van der Waals surface area contributed by atoms with Crippen molar-refractivity contribution < 1.29 is 4.79 Å². The lowest BCUT2D eigenvalue weighted by molar-refractivity contribution is -0.110. The van der Waals surface area contributed by atoms with Crippen LogP contribution in [0.2, 0.25) is 5.02 Å². The van der Waals surface area contributed by atoms with Gasteiger partial charge in [0, 0.05) is 33.6 Å². The average Bonchev–Trinajstić information content (AvgIpc) is 3.15. The summed E-state index contributed by atoms with van der Waals surface area (Å²) in [6, 6.07) is 15.2. The molecule has 1 amide bonds. The number of aromatic nitrogens is 2. The molecule has 0 saturated heterocycles. The molecule has 2 heterocycles. The molecular formula is C18H12ClN3O. The van der Waals surface area contributed by atoms with Crippen LogP contribution in [0.15, 0.2) is 60.9 Å². The van der Waals surface area contributed by atoms with Crippen molar-refractivity contribution in [3.63, 3.8) is 0 Å². The summed E-state index contributed by atoms with van der Waals surface area (Å²) in [5, 5.41) is 7.78. The maximum atomic E-state index is 12.2. The zero-order valence-corrected chi connectivity index (χ0v) is 12.8. The molecule has 0 aliphatic carbocycles. The van der Waals surface area contributed by atoms with Crippen LogP contribution >= 0.6 is 11.6 Å². The van der Waals surface area contributed by atoms with Gasteiger partial charge in [-0.2, -0.15) is 5.10 Å². The predicted molar refractivity (Wildman–Crippen MR) is 91.5 cm³/mol. The highest BCUT2D eigenvalue weighted by atomic mass is 35.5. The van der Waals surface area contributed by atoms with Gasteiger partial charge in [0.2, 0.25) is 0 Å². The van der Waals surface area contributed by atoms with Gasteiger partial charge in [0.1, 0.15) is 0 Å². The summed E-state index contributed by atoms with van der Waals surface area (Å²) < 4.78 is 1.78. The highest BCUT2D eigenvalue weighted by molar-refractivity contribution is 6.36. The van der Waals surface area contributed by atoms with E-state index in [9.17, 15) is 4.79 Å². The molecule has 4 nitrogen and oxygen atoms in total. The van der Waals surface area contributed by atoms with Crippen molar-refractivity contribution in [1.29, 1.82) is 0 Å². The maximum absolute atomic E-state index is 12.2. The number of halogens is 1. The zero-order valence-electron chi connectivity index (χ0n) is 12.0. The molecule has 112 valence electrons.